The van der Waals surface area contributed by atoms with Gasteiger partial charge >= 0.3 is 19.3 Å². The first kappa shape index (κ1) is 22.2. The molecule has 2 aromatic carbocycles. The highest BCUT2D eigenvalue weighted by Crippen LogP contribution is 2.37. The molecule has 0 spiro atoms. The van der Waals surface area contributed by atoms with E-state index in [0.29, 0.717) is 5.56 Å². The van der Waals surface area contributed by atoms with E-state index in [-0.39, 0.29) is 30.8 Å². The standard InChI is InChI=1S/C21H22BF3O5/c1-20(2)12-29-22(30-13-20)18-15(19(26)27-3)9-10-16(17(18)21(23,24)25)28-11-14-7-5-4-6-8-14/h4-10H,11-13H2,1-3H3. The molecule has 0 bridgehead atoms. The van der Waals surface area contributed by atoms with E-state index in [2.05, 4.69) is 4.74 Å². The molecule has 5 nitrogen and oxygen atoms in total. The van der Waals surface area contributed by atoms with Crippen LogP contribution in [-0.4, -0.2) is 33.4 Å². The molecule has 0 aliphatic carbocycles. The van der Waals surface area contributed by atoms with E-state index in [1.54, 1.807) is 30.3 Å². The average Bonchev–Trinajstić information content (AvgIpc) is 2.71. The minimum Gasteiger partial charge on any atom is -0.488 e. The molecule has 160 valence electrons. The third-order valence-electron chi connectivity index (χ3n) is 4.62. The van der Waals surface area contributed by atoms with Gasteiger partial charge in [-0.15, -0.1) is 0 Å². The molecule has 0 amide bonds. The average molecular weight is 422 g/mol. The number of carbonyl (C=O) groups is 1. The zero-order chi connectivity index (χ0) is 21.9. The van der Waals surface area contributed by atoms with Crippen molar-refractivity contribution < 1.29 is 36.7 Å². The monoisotopic (exact) mass is 422 g/mol. The lowest BCUT2D eigenvalue weighted by atomic mass is 9.70. The van der Waals surface area contributed by atoms with Crippen molar-refractivity contribution in [1.29, 1.82) is 0 Å². The maximum absolute atomic E-state index is 14.1. The lowest BCUT2D eigenvalue weighted by Gasteiger charge is -2.34. The number of esters is 1. The molecular formula is C21H22BF3O5. The highest BCUT2D eigenvalue weighted by molar-refractivity contribution is 6.63. The van der Waals surface area contributed by atoms with E-state index >= 15 is 0 Å². The van der Waals surface area contributed by atoms with Gasteiger partial charge in [0.2, 0.25) is 0 Å². The number of hydrogen-bond donors (Lipinski definition) is 0. The van der Waals surface area contributed by atoms with Crippen LogP contribution < -0.4 is 10.2 Å². The second kappa shape index (κ2) is 8.69. The number of rotatable bonds is 5. The molecule has 1 fully saturated rings. The van der Waals surface area contributed by atoms with Crippen LogP contribution in [0.1, 0.15) is 35.3 Å². The fraction of sp³-hybridized carbons (Fsp3) is 0.381. The number of methoxy groups -OCH3 is 1. The van der Waals surface area contributed by atoms with Gasteiger partial charge in [-0.05, 0) is 17.7 Å². The van der Waals surface area contributed by atoms with Gasteiger partial charge in [-0.2, -0.15) is 13.2 Å². The Morgan fingerprint density at radius 2 is 1.73 bits per heavy atom. The molecule has 0 saturated carbocycles. The Labute approximate surface area is 173 Å². The SMILES string of the molecule is COC(=O)c1ccc(OCc2ccccc2)c(C(F)(F)F)c1B1OCC(C)(C)CO1. The van der Waals surface area contributed by atoms with Crippen molar-refractivity contribution in [1.82, 2.24) is 0 Å². The van der Waals surface area contributed by atoms with Gasteiger partial charge < -0.3 is 18.8 Å². The third-order valence-corrected chi connectivity index (χ3v) is 4.62. The number of ether oxygens (including phenoxy) is 2. The summed E-state index contributed by atoms with van der Waals surface area (Å²) < 4.78 is 63.8. The lowest BCUT2D eigenvalue weighted by molar-refractivity contribution is -0.138. The van der Waals surface area contributed by atoms with E-state index in [9.17, 15) is 18.0 Å². The zero-order valence-corrected chi connectivity index (χ0v) is 16.9. The van der Waals surface area contributed by atoms with Gasteiger partial charge in [0, 0.05) is 24.1 Å². The predicted molar refractivity (Wildman–Crippen MR) is 105 cm³/mol. The topological polar surface area (TPSA) is 54.0 Å². The maximum Gasteiger partial charge on any atom is 0.495 e. The predicted octanol–water partition coefficient (Wildman–Crippen LogP) is 3.84. The largest absolute Gasteiger partial charge is 0.495 e. The zero-order valence-electron chi connectivity index (χ0n) is 16.9. The summed E-state index contributed by atoms with van der Waals surface area (Å²) in [5.74, 6) is -1.33. The molecule has 0 atom stereocenters. The van der Waals surface area contributed by atoms with E-state index in [1.807, 2.05) is 13.8 Å². The van der Waals surface area contributed by atoms with Crippen LogP contribution in [0.3, 0.4) is 0 Å². The second-order valence-corrected chi connectivity index (χ2v) is 7.78. The van der Waals surface area contributed by atoms with Crippen molar-refractivity contribution in [3.05, 3.63) is 59.2 Å². The third kappa shape index (κ3) is 4.96. The van der Waals surface area contributed by atoms with Gasteiger partial charge in [0.05, 0.1) is 18.2 Å². The quantitative estimate of drug-likeness (QED) is 0.542. The molecule has 3 rings (SSSR count). The highest BCUT2D eigenvalue weighted by atomic mass is 19.4. The Balaban J connectivity index is 2.06. The van der Waals surface area contributed by atoms with Crippen LogP contribution in [0, 0.1) is 5.41 Å². The smallest absolute Gasteiger partial charge is 0.488 e. The summed E-state index contributed by atoms with van der Waals surface area (Å²) in [6, 6.07) is 11.2. The fourth-order valence-electron chi connectivity index (χ4n) is 3.14. The summed E-state index contributed by atoms with van der Waals surface area (Å²) in [5, 5.41) is 0. The van der Waals surface area contributed by atoms with Gasteiger partial charge in [0.15, 0.2) is 0 Å². The van der Waals surface area contributed by atoms with Crippen LogP contribution in [0.25, 0.3) is 0 Å². The molecule has 0 radical (unpaired) electrons. The Bertz CT molecular complexity index is 890. The number of benzene rings is 2. The Hall–Kier alpha value is -2.52. The summed E-state index contributed by atoms with van der Waals surface area (Å²) in [6.07, 6.45) is -4.81. The summed E-state index contributed by atoms with van der Waals surface area (Å²) in [4.78, 5) is 12.2. The Morgan fingerprint density at radius 1 is 1.10 bits per heavy atom. The first-order valence-electron chi connectivity index (χ1n) is 9.35. The van der Waals surface area contributed by atoms with Crippen LogP contribution in [-0.2, 0) is 26.8 Å². The molecule has 0 N–H and O–H groups in total. The van der Waals surface area contributed by atoms with E-state index in [4.69, 9.17) is 14.0 Å². The summed E-state index contributed by atoms with van der Waals surface area (Å²) in [5.41, 5.74) is -1.47. The van der Waals surface area contributed by atoms with Gasteiger partial charge in [0.25, 0.3) is 0 Å². The van der Waals surface area contributed by atoms with E-state index in [0.717, 1.165) is 13.2 Å². The van der Waals surface area contributed by atoms with Crippen molar-refractivity contribution >= 4 is 18.6 Å². The number of carbonyl (C=O) groups excluding carboxylic acids is 1. The fourth-order valence-corrected chi connectivity index (χ4v) is 3.14. The first-order chi connectivity index (χ1) is 14.1. The first-order valence-corrected chi connectivity index (χ1v) is 9.35. The molecule has 30 heavy (non-hydrogen) atoms. The Morgan fingerprint density at radius 3 is 2.30 bits per heavy atom. The van der Waals surface area contributed by atoms with Gasteiger partial charge in [-0.3, -0.25) is 0 Å². The van der Waals surface area contributed by atoms with Crippen LogP contribution in [0.5, 0.6) is 5.75 Å². The Kier molecular flexibility index (Phi) is 6.43. The van der Waals surface area contributed by atoms with Crippen molar-refractivity contribution in [2.75, 3.05) is 20.3 Å². The van der Waals surface area contributed by atoms with Crippen LogP contribution in [0.15, 0.2) is 42.5 Å². The van der Waals surface area contributed by atoms with Crippen LogP contribution >= 0.6 is 0 Å². The van der Waals surface area contributed by atoms with Crippen molar-refractivity contribution in [2.45, 2.75) is 26.6 Å². The minimum atomic E-state index is -4.81. The molecule has 0 aromatic heterocycles. The van der Waals surface area contributed by atoms with Gasteiger partial charge in [-0.25, -0.2) is 4.79 Å². The molecule has 1 aliphatic rings. The molecule has 1 heterocycles. The highest BCUT2D eigenvalue weighted by Gasteiger charge is 2.46. The number of alkyl halides is 3. The summed E-state index contributed by atoms with van der Waals surface area (Å²) >= 11 is 0. The minimum absolute atomic E-state index is 0.0691. The normalized spacial score (nSPS) is 16.3. The molecule has 1 saturated heterocycles. The molecule has 2 aromatic rings. The number of halogens is 3. The van der Waals surface area contributed by atoms with Crippen LogP contribution in [0.4, 0.5) is 13.2 Å². The molecule has 9 heteroatoms. The maximum atomic E-state index is 14.1. The number of hydrogen-bond acceptors (Lipinski definition) is 5. The van der Waals surface area contributed by atoms with Gasteiger partial charge in [0.1, 0.15) is 12.4 Å². The molecule has 0 unspecified atom stereocenters. The molecular weight excluding hydrogens is 400 g/mol. The van der Waals surface area contributed by atoms with Gasteiger partial charge in [-0.1, -0.05) is 44.2 Å². The summed E-state index contributed by atoms with van der Waals surface area (Å²) in [7, 11) is -0.269. The lowest BCUT2D eigenvalue weighted by Crippen LogP contribution is -2.51. The van der Waals surface area contributed by atoms with E-state index in [1.165, 1.54) is 6.07 Å². The van der Waals surface area contributed by atoms with Crippen molar-refractivity contribution in [2.24, 2.45) is 5.41 Å². The van der Waals surface area contributed by atoms with Crippen molar-refractivity contribution in [3.63, 3.8) is 0 Å². The van der Waals surface area contributed by atoms with Crippen LogP contribution in [0.2, 0.25) is 0 Å². The van der Waals surface area contributed by atoms with E-state index < -0.39 is 36.0 Å². The summed E-state index contributed by atoms with van der Waals surface area (Å²) in [6.45, 7) is 4.01. The van der Waals surface area contributed by atoms with Crippen molar-refractivity contribution in [3.8, 4) is 5.75 Å². The second-order valence-electron chi connectivity index (χ2n) is 7.78. The molecule has 1 aliphatic heterocycles.